The van der Waals surface area contributed by atoms with Gasteiger partial charge in [-0.3, -0.25) is 0 Å². The molecule has 0 amide bonds. The molecule has 0 saturated heterocycles. The summed E-state index contributed by atoms with van der Waals surface area (Å²) in [5.74, 6) is -1.13. The summed E-state index contributed by atoms with van der Waals surface area (Å²) in [4.78, 5) is 4.41. The van der Waals surface area contributed by atoms with Gasteiger partial charge in [0.2, 0.25) is 0 Å². The van der Waals surface area contributed by atoms with Crippen LogP contribution in [0.1, 0.15) is 11.4 Å². The van der Waals surface area contributed by atoms with E-state index in [-0.39, 0.29) is 6.42 Å². The molecule has 3 nitrogen and oxygen atoms in total. The Labute approximate surface area is 120 Å². The van der Waals surface area contributed by atoms with Crippen LogP contribution in [0.15, 0.2) is 42.5 Å². The fourth-order valence-electron chi connectivity index (χ4n) is 2.33. The van der Waals surface area contributed by atoms with Gasteiger partial charge in [-0.2, -0.15) is 5.26 Å². The molecule has 5 heteroatoms. The summed E-state index contributed by atoms with van der Waals surface area (Å²) in [5.41, 5.74) is 2.27. The monoisotopic (exact) mass is 283 g/mol. The summed E-state index contributed by atoms with van der Waals surface area (Å²) in [7, 11) is 0. The highest BCUT2D eigenvalue weighted by Crippen LogP contribution is 2.19. The van der Waals surface area contributed by atoms with Crippen molar-refractivity contribution in [2.75, 3.05) is 0 Å². The molecule has 0 aliphatic heterocycles. The molecule has 1 heterocycles. The number of para-hydroxylation sites is 2. The molecule has 21 heavy (non-hydrogen) atoms. The van der Waals surface area contributed by atoms with Gasteiger partial charge in [0.15, 0.2) is 11.6 Å². The minimum Gasteiger partial charge on any atom is -0.323 e. The van der Waals surface area contributed by atoms with E-state index < -0.39 is 11.6 Å². The number of halogens is 2. The maximum absolute atomic E-state index is 13.3. The first-order valence-corrected chi connectivity index (χ1v) is 6.44. The molecule has 0 atom stereocenters. The summed E-state index contributed by atoms with van der Waals surface area (Å²) in [6.45, 7) is 0.342. The number of imidazole rings is 1. The molecule has 3 aromatic rings. The van der Waals surface area contributed by atoms with Crippen molar-refractivity contribution in [3.8, 4) is 6.07 Å². The molecule has 0 saturated carbocycles. The van der Waals surface area contributed by atoms with Gasteiger partial charge >= 0.3 is 0 Å². The van der Waals surface area contributed by atoms with Crippen LogP contribution >= 0.6 is 0 Å². The van der Waals surface area contributed by atoms with E-state index in [9.17, 15) is 8.78 Å². The molecule has 2 aromatic carbocycles. The van der Waals surface area contributed by atoms with E-state index in [1.54, 1.807) is 0 Å². The molecule has 104 valence electrons. The van der Waals surface area contributed by atoms with E-state index in [0.717, 1.165) is 17.1 Å². The van der Waals surface area contributed by atoms with Gasteiger partial charge in [-0.1, -0.05) is 18.2 Å². The molecular formula is C16H11F2N3. The smallest absolute Gasteiger partial charge is 0.159 e. The number of fused-ring (bicyclic) bond motifs is 1. The number of nitriles is 1. The van der Waals surface area contributed by atoms with Gasteiger partial charge in [0.05, 0.1) is 23.5 Å². The van der Waals surface area contributed by atoms with E-state index in [0.29, 0.717) is 17.9 Å². The molecule has 0 unspecified atom stereocenters. The minimum absolute atomic E-state index is 0.165. The third-order valence-corrected chi connectivity index (χ3v) is 3.30. The summed E-state index contributed by atoms with van der Waals surface area (Å²) in [6.07, 6.45) is 0.165. The molecular weight excluding hydrogens is 272 g/mol. The second-order valence-corrected chi connectivity index (χ2v) is 4.69. The highest BCUT2D eigenvalue weighted by atomic mass is 19.2. The standard InChI is InChI=1S/C16H11F2N3/c17-12-6-5-11(9-13(12)18)10-21-15-4-2-1-3-14(15)20-16(21)7-8-19/h1-6,9H,7,10H2. The first-order valence-electron chi connectivity index (χ1n) is 6.44. The lowest BCUT2D eigenvalue weighted by molar-refractivity contribution is 0.506. The number of aromatic nitrogens is 2. The van der Waals surface area contributed by atoms with Crippen molar-refractivity contribution in [3.05, 3.63) is 65.5 Å². The molecule has 1 aromatic heterocycles. The lowest BCUT2D eigenvalue weighted by atomic mass is 10.2. The van der Waals surface area contributed by atoms with Crippen molar-refractivity contribution in [2.24, 2.45) is 0 Å². The van der Waals surface area contributed by atoms with E-state index in [4.69, 9.17) is 5.26 Å². The largest absolute Gasteiger partial charge is 0.323 e. The number of hydrogen-bond donors (Lipinski definition) is 0. The fourth-order valence-corrected chi connectivity index (χ4v) is 2.33. The highest BCUT2D eigenvalue weighted by Gasteiger charge is 2.11. The Morgan fingerprint density at radius 1 is 1.10 bits per heavy atom. The molecule has 0 radical (unpaired) electrons. The van der Waals surface area contributed by atoms with Crippen molar-refractivity contribution in [1.29, 1.82) is 5.26 Å². The van der Waals surface area contributed by atoms with E-state index in [1.807, 2.05) is 28.8 Å². The van der Waals surface area contributed by atoms with Crippen molar-refractivity contribution in [1.82, 2.24) is 9.55 Å². The van der Waals surface area contributed by atoms with Crippen LogP contribution in [0.25, 0.3) is 11.0 Å². The van der Waals surface area contributed by atoms with Gasteiger partial charge in [-0.25, -0.2) is 13.8 Å². The summed E-state index contributed by atoms with van der Waals surface area (Å²) in [6, 6.07) is 13.4. The molecule has 0 aliphatic carbocycles. The number of nitrogens with zero attached hydrogens (tertiary/aromatic N) is 3. The summed E-state index contributed by atoms with van der Waals surface area (Å²) >= 11 is 0. The van der Waals surface area contributed by atoms with Crippen molar-refractivity contribution < 1.29 is 8.78 Å². The van der Waals surface area contributed by atoms with Crippen LogP contribution in [0.2, 0.25) is 0 Å². The van der Waals surface area contributed by atoms with E-state index in [2.05, 4.69) is 11.1 Å². The van der Waals surface area contributed by atoms with Gasteiger partial charge in [-0.15, -0.1) is 0 Å². The second-order valence-electron chi connectivity index (χ2n) is 4.69. The first kappa shape index (κ1) is 13.3. The maximum atomic E-state index is 13.3. The maximum Gasteiger partial charge on any atom is 0.159 e. The van der Waals surface area contributed by atoms with Crippen LogP contribution in [-0.4, -0.2) is 9.55 Å². The average Bonchev–Trinajstić information content (AvgIpc) is 2.81. The zero-order valence-electron chi connectivity index (χ0n) is 11.1. The van der Waals surface area contributed by atoms with Crippen LogP contribution in [0.4, 0.5) is 8.78 Å². The lowest BCUT2D eigenvalue weighted by Gasteiger charge is -2.08. The molecule has 0 fully saturated rings. The van der Waals surface area contributed by atoms with Crippen LogP contribution in [0.3, 0.4) is 0 Å². The second kappa shape index (κ2) is 5.33. The van der Waals surface area contributed by atoms with Crippen molar-refractivity contribution in [3.63, 3.8) is 0 Å². The molecule has 3 rings (SSSR count). The highest BCUT2D eigenvalue weighted by molar-refractivity contribution is 5.76. The lowest BCUT2D eigenvalue weighted by Crippen LogP contribution is -2.05. The Kier molecular flexibility index (Phi) is 3.36. The van der Waals surface area contributed by atoms with Crippen molar-refractivity contribution in [2.45, 2.75) is 13.0 Å². The van der Waals surface area contributed by atoms with Gasteiger partial charge in [0.25, 0.3) is 0 Å². The van der Waals surface area contributed by atoms with Crippen LogP contribution in [-0.2, 0) is 13.0 Å². The van der Waals surface area contributed by atoms with Crippen LogP contribution in [0, 0.1) is 23.0 Å². The van der Waals surface area contributed by atoms with Crippen molar-refractivity contribution >= 4 is 11.0 Å². The number of benzene rings is 2. The average molecular weight is 283 g/mol. The summed E-state index contributed by atoms with van der Waals surface area (Å²) < 4.78 is 28.2. The zero-order valence-corrected chi connectivity index (χ0v) is 11.1. The third-order valence-electron chi connectivity index (χ3n) is 3.30. The quantitative estimate of drug-likeness (QED) is 0.739. The van der Waals surface area contributed by atoms with Gasteiger partial charge in [-0.05, 0) is 29.8 Å². The predicted molar refractivity (Wildman–Crippen MR) is 74.5 cm³/mol. The summed E-state index contributed by atoms with van der Waals surface area (Å²) in [5, 5.41) is 8.90. The van der Waals surface area contributed by atoms with Crippen LogP contribution < -0.4 is 0 Å². The van der Waals surface area contributed by atoms with Gasteiger partial charge < -0.3 is 4.57 Å². The Morgan fingerprint density at radius 2 is 1.90 bits per heavy atom. The predicted octanol–water partition coefficient (Wildman–Crippen LogP) is 3.43. The fraction of sp³-hybridized carbons (Fsp3) is 0.125. The minimum atomic E-state index is -0.876. The Morgan fingerprint density at radius 3 is 2.67 bits per heavy atom. The van der Waals surface area contributed by atoms with Crippen LogP contribution in [0.5, 0.6) is 0 Å². The molecule has 0 N–H and O–H groups in total. The Hall–Kier alpha value is -2.74. The van der Waals surface area contributed by atoms with E-state index >= 15 is 0 Å². The molecule has 0 bridgehead atoms. The molecule has 0 aliphatic rings. The number of rotatable bonds is 3. The molecule has 0 spiro atoms. The van der Waals surface area contributed by atoms with E-state index in [1.165, 1.54) is 12.1 Å². The Bertz CT molecular complexity index is 846. The van der Waals surface area contributed by atoms with Gasteiger partial charge in [0.1, 0.15) is 5.82 Å². The number of hydrogen-bond acceptors (Lipinski definition) is 2. The SMILES string of the molecule is N#CCc1nc2ccccc2n1Cc1ccc(F)c(F)c1. The van der Waals surface area contributed by atoms with Gasteiger partial charge in [0, 0.05) is 6.54 Å². The Balaban J connectivity index is 2.08. The zero-order chi connectivity index (χ0) is 14.8. The first-order chi connectivity index (χ1) is 10.2. The third kappa shape index (κ3) is 2.48. The topological polar surface area (TPSA) is 41.6 Å². The normalized spacial score (nSPS) is 10.7.